The average molecular weight is 319 g/mol. The normalized spacial score (nSPS) is 10.6. The first-order valence-electron chi connectivity index (χ1n) is 5.50. The van der Waals surface area contributed by atoms with Crippen LogP contribution in [-0.4, -0.2) is 15.0 Å². The van der Waals surface area contributed by atoms with Gasteiger partial charge in [0.2, 0.25) is 0 Å². The molecule has 3 aromatic heterocycles. The van der Waals surface area contributed by atoms with Gasteiger partial charge in [-0.25, -0.2) is 4.39 Å². The quantitative estimate of drug-likeness (QED) is 0.783. The van der Waals surface area contributed by atoms with E-state index >= 15 is 0 Å². The second kappa shape index (κ2) is 4.89. The number of rotatable bonds is 2. The summed E-state index contributed by atoms with van der Waals surface area (Å²) in [5.74, 6) is -0.390. The summed E-state index contributed by atoms with van der Waals surface area (Å²) < 4.78 is 14.0. The number of pyridine rings is 3. The van der Waals surface area contributed by atoms with Crippen molar-refractivity contribution in [2.45, 2.75) is 0 Å². The zero-order chi connectivity index (χ0) is 13.2. The fourth-order valence-electron chi connectivity index (χ4n) is 1.74. The van der Waals surface area contributed by atoms with Crippen molar-refractivity contribution < 1.29 is 4.39 Å². The smallest absolute Gasteiger partial charge is 0.143 e. The third-order valence-corrected chi connectivity index (χ3v) is 2.96. The minimum atomic E-state index is -0.390. The molecule has 0 saturated heterocycles. The van der Waals surface area contributed by atoms with Gasteiger partial charge in [0.25, 0.3) is 0 Å². The molecule has 0 spiro atoms. The Morgan fingerprint density at radius 3 is 2.84 bits per heavy atom. The molecule has 0 aromatic carbocycles. The number of aromatic nitrogens is 3. The third-order valence-electron chi connectivity index (χ3n) is 2.53. The number of nitrogens with one attached hydrogen (secondary N) is 1. The molecule has 0 saturated carbocycles. The van der Waals surface area contributed by atoms with Crippen molar-refractivity contribution in [2.24, 2.45) is 0 Å². The van der Waals surface area contributed by atoms with Crippen LogP contribution in [0.5, 0.6) is 0 Å². The monoisotopic (exact) mass is 318 g/mol. The Bertz CT molecular complexity index is 748. The lowest BCUT2D eigenvalue weighted by molar-refractivity contribution is 0.622. The highest BCUT2D eigenvalue weighted by Gasteiger charge is 2.05. The van der Waals surface area contributed by atoms with Crippen LogP contribution in [0.2, 0.25) is 0 Å². The predicted octanol–water partition coefficient (Wildman–Crippen LogP) is 3.67. The first-order chi connectivity index (χ1) is 9.22. The highest BCUT2D eigenvalue weighted by Crippen LogP contribution is 2.24. The SMILES string of the molecule is Fc1cncc(Nc2ccnc3cc(Br)cnc23)c1. The largest absolute Gasteiger partial charge is 0.352 e. The Morgan fingerprint density at radius 2 is 2.00 bits per heavy atom. The molecule has 0 radical (unpaired) electrons. The second-order valence-corrected chi connectivity index (χ2v) is 4.81. The Labute approximate surface area is 116 Å². The highest BCUT2D eigenvalue weighted by atomic mass is 79.9. The van der Waals surface area contributed by atoms with Crippen LogP contribution in [0.25, 0.3) is 11.0 Å². The summed E-state index contributed by atoms with van der Waals surface area (Å²) in [5.41, 5.74) is 2.79. The lowest BCUT2D eigenvalue weighted by Gasteiger charge is -2.08. The summed E-state index contributed by atoms with van der Waals surface area (Å²) >= 11 is 3.35. The second-order valence-electron chi connectivity index (χ2n) is 3.90. The van der Waals surface area contributed by atoms with Gasteiger partial charge in [0, 0.05) is 22.9 Å². The summed E-state index contributed by atoms with van der Waals surface area (Å²) in [6.45, 7) is 0. The minimum Gasteiger partial charge on any atom is -0.352 e. The van der Waals surface area contributed by atoms with E-state index in [1.165, 1.54) is 6.07 Å². The topological polar surface area (TPSA) is 50.7 Å². The number of halogens is 2. The van der Waals surface area contributed by atoms with Gasteiger partial charge in [-0.15, -0.1) is 0 Å². The van der Waals surface area contributed by atoms with E-state index in [-0.39, 0.29) is 5.82 Å². The third kappa shape index (κ3) is 2.53. The van der Waals surface area contributed by atoms with Crippen LogP contribution in [0, 0.1) is 5.82 Å². The number of hydrogen-bond donors (Lipinski definition) is 1. The lowest BCUT2D eigenvalue weighted by atomic mass is 10.2. The number of hydrogen-bond acceptors (Lipinski definition) is 4. The van der Waals surface area contributed by atoms with Gasteiger partial charge >= 0.3 is 0 Å². The van der Waals surface area contributed by atoms with Crippen LogP contribution in [0.15, 0.2) is 47.5 Å². The molecule has 4 nitrogen and oxygen atoms in total. The molecule has 0 unspecified atom stereocenters. The van der Waals surface area contributed by atoms with Crippen molar-refractivity contribution in [3.05, 3.63) is 53.3 Å². The van der Waals surface area contributed by atoms with Crippen LogP contribution < -0.4 is 5.32 Å². The first kappa shape index (κ1) is 12.0. The van der Waals surface area contributed by atoms with Gasteiger partial charge < -0.3 is 5.32 Å². The Hall–Kier alpha value is -2.08. The Balaban J connectivity index is 2.06. The van der Waals surface area contributed by atoms with Gasteiger partial charge in [0.1, 0.15) is 11.3 Å². The van der Waals surface area contributed by atoms with E-state index in [4.69, 9.17) is 0 Å². The molecule has 94 valence electrons. The zero-order valence-corrected chi connectivity index (χ0v) is 11.2. The van der Waals surface area contributed by atoms with Crippen LogP contribution in [0.3, 0.4) is 0 Å². The molecule has 0 aliphatic rings. The van der Waals surface area contributed by atoms with Gasteiger partial charge in [-0.3, -0.25) is 15.0 Å². The predicted molar refractivity (Wildman–Crippen MR) is 74.7 cm³/mol. The van der Waals surface area contributed by atoms with E-state index in [2.05, 4.69) is 36.2 Å². The maximum atomic E-state index is 13.1. The van der Waals surface area contributed by atoms with E-state index in [0.717, 1.165) is 27.4 Å². The van der Waals surface area contributed by atoms with Crippen molar-refractivity contribution in [1.29, 1.82) is 0 Å². The Kier molecular flexibility index (Phi) is 3.08. The summed E-state index contributed by atoms with van der Waals surface area (Å²) in [4.78, 5) is 12.3. The molecule has 1 N–H and O–H groups in total. The van der Waals surface area contributed by atoms with Gasteiger partial charge in [-0.1, -0.05) is 0 Å². The number of nitrogens with zero attached hydrogens (tertiary/aromatic N) is 3. The van der Waals surface area contributed by atoms with Crippen LogP contribution >= 0.6 is 15.9 Å². The van der Waals surface area contributed by atoms with E-state index in [1.807, 2.05) is 6.07 Å². The summed E-state index contributed by atoms with van der Waals surface area (Å²) in [5, 5.41) is 3.09. The van der Waals surface area contributed by atoms with E-state index in [9.17, 15) is 4.39 Å². The Morgan fingerprint density at radius 1 is 1.11 bits per heavy atom. The molecule has 6 heteroatoms. The van der Waals surface area contributed by atoms with Gasteiger partial charge in [0.15, 0.2) is 0 Å². The summed E-state index contributed by atoms with van der Waals surface area (Å²) in [7, 11) is 0. The standard InChI is InChI=1S/C13H8BrFN4/c14-8-3-12-13(18-5-8)11(1-2-17-12)19-10-4-9(15)6-16-7-10/h1-7H,(H,17,19). The molecule has 0 amide bonds. The first-order valence-corrected chi connectivity index (χ1v) is 6.29. The fraction of sp³-hybridized carbons (Fsp3) is 0. The van der Waals surface area contributed by atoms with Crippen molar-refractivity contribution >= 4 is 38.3 Å². The number of fused-ring (bicyclic) bond motifs is 1. The summed E-state index contributed by atoms with van der Waals surface area (Å²) in [6.07, 6.45) is 6.07. The van der Waals surface area contributed by atoms with Crippen molar-refractivity contribution in [3.63, 3.8) is 0 Å². The van der Waals surface area contributed by atoms with E-state index < -0.39 is 0 Å². The van der Waals surface area contributed by atoms with Crippen molar-refractivity contribution in [1.82, 2.24) is 15.0 Å². The zero-order valence-electron chi connectivity index (χ0n) is 9.64. The van der Waals surface area contributed by atoms with Crippen molar-refractivity contribution in [2.75, 3.05) is 5.32 Å². The lowest BCUT2D eigenvalue weighted by Crippen LogP contribution is -1.95. The van der Waals surface area contributed by atoms with E-state index in [0.29, 0.717) is 5.69 Å². The van der Waals surface area contributed by atoms with Gasteiger partial charge in [0.05, 0.1) is 29.3 Å². The molecule has 0 aliphatic carbocycles. The molecule has 3 rings (SSSR count). The molecule has 19 heavy (non-hydrogen) atoms. The fourth-order valence-corrected chi connectivity index (χ4v) is 2.06. The van der Waals surface area contributed by atoms with Gasteiger partial charge in [-0.05, 0) is 28.1 Å². The van der Waals surface area contributed by atoms with Gasteiger partial charge in [-0.2, -0.15) is 0 Å². The molecule has 0 atom stereocenters. The van der Waals surface area contributed by atoms with Crippen LogP contribution in [-0.2, 0) is 0 Å². The maximum Gasteiger partial charge on any atom is 0.143 e. The molecule has 0 aliphatic heterocycles. The summed E-state index contributed by atoms with van der Waals surface area (Å²) in [6, 6.07) is 5.03. The molecule has 3 heterocycles. The molecule has 0 fully saturated rings. The molecular weight excluding hydrogens is 311 g/mol. The van der Waals surface area contributed by atoms with Crippen LogP contribution in [0.4, 0.5) is 15.8 Å². The minimum absolute atomic E-state index is 0.390. The van der Waals surface area contributed by atoms with E-state index in [1.54, 1.807) is 24.7 Å². The molecule has 0 bridgehead atoms. The highest BCUT2D eigenvalue weighted by molar-refractivity contribution is 9.10. The van der Waals surface area contributed by atoms with Crippen LogP contribution in [0.1, 0.15) is 0 Å². The maximum absolute atomic E-state index is 13.1. The average Bonchev–Trinajstić information content (AvgIpc) is 2.38. The molecular formula is C13H8BrFN4. The molecule has 3 aromatic rings. The number of anilines is 2. The van der Waals surface area contributed by atoms with Crippen molar-refractivity contribution in [3.8, 4) is 0 Å².